The number of carbonyl (C=O) groups is 2. The molecule has 0 aliphatic rings. The van der Waals surface area contributed by atoms with Gasteiger partial charge in [0.05, 0.1) is 10.9 Å². The van der Waals surface area contributed by atoms with Crippen LogP contribution in [-0.4, -0.2) is 26.7 Å². The number of nitrogens with zero attached hydrogens (tertiary/aromatic N) is 1. The lowest BCUT2D eigenvalue weighted by Gasteiger charge is -2.12. The molecule has 3 aromatic rings. The average Bonchev–Trinajstić information content (AvgIpc) is 3.05. The zero-order chi connectivity index (χ0) is 17.3. The van der Waals surface area contributed by atoms with Crippen molar-refractivity contribution in [2.75, 3.05) is 0 Å². The minimum Gasteiger partial charge on any atom is -0.450 e. The third-order valence-electron chi connectivity index (χ3n) is 3.61. The van der Waals surface area contributed by atoms with Crippen molar-refractivity contribution in [1.82, 2.24) is 15.0 Å². The van der Waals surface area contributed by atoms with Crippen molar-refractivity contribution in [3.05, 3.63) is 64.0 Å². The van der Waals surface area contributed by atoms with E-state index in [2.05, 4.69) is 15.0 Å². The molecule has 0 amide bonds. The standard InChI is InChI=1S/C17H15N3O4/c1-9(21)11-7-14(18-8-11)17(23)24-10(2)15-19-13-6-4-3-5-12(13)16(22)20-15/h3-8,10,18H,1-2H3,(H,19,20,22)/t10-/m0/s1. The molecule has 1 atom stereocenters. The molecule has 0 aliphatic heterocycles. The van der Waals surface area contributed by atoms with Crippen molar-refractivity contribution in [2.45, 2.75) is 20.0 Å². The molecule has 0 radical (unpaired) electrons. The Morgan fingerprint density at radius 2 is 2.00 bits per heavy atom. The van der Waals surface area contributed by atoms with Gasteiger partial charge >= 0.3 is 5.97 Å². The van der Waals surface area contributed by atoms with Crippen LogP contribution in [0, 0.1) is 0 Å². The van der Waals surface area contributed by atoms with Crippen molar-refractivity contribution < 1.29 is 14.3 Å². The van der Waals surface area contributed by atoms with Crippen molar-refractivity contribution in [2.24, 2.45) is 0 Å². The van der Waals surface area contributed by atoms with Gasteiger partial charge in [-0.2, -0.15) is 0 Å². The molecule has 0 bridgehead atoms. The van der Waals surface area contributed by atoms with Gasteiger partial charge in [0, 0.05) is 11.8 Å². The first-order chi connectivity index (χ1) is 11.5. The predicted molar refractivity (Wildman–Crippen MR) is 87.0 cm³/mol. The maximum absolute atomic E-state index is 12.1. The van der Waals surface area contributed by atoms with Crippen LogP contribution in [0.2, 0.25) is 0 Å². The minimum atomic E-state index is -0.751. The minimum absolute atomic E-state index is 0.154. The van der Waals surface area contributed by atoms with Crippen LogP contribution in [0.5, 0.6) is 0 Å². The average molecular weight is 325 g/mol. The highest BCUT2D eigenvalue weighted by atomic mass is 16.5. The molecule has 122 valence electrons. The number of aromatic nitrogens is 3. The summed E-state index contributed by atoms with van der Waals surface area (Å²) in [5, 5.41) is 0.468. The van der Waals surface area contributed by atoms with E-state index in [9.17, 15) is 14.4 Å². The van der Waals surface area contributed by atoms with Gasteiger partial charge in [-0.05, 0) is 32.0 Å². The second-order valence-electron chi connectivity index (χ2n) is 5.37. The highest BCUT2D eigenvalue weighted by molar-refractivity contribution is 5.97. The summed E-state index contributed by atoms with van der Waals surface area (Å²) >= 11 is 0. The quantitative estimate of drug-likeness (QED) is 0.566. The highest BCUT2D eigenvalue weighted by Gasteiger charge is 2.18. The molecule has 0 spiro atoms. The summed E-state index contributed by atoms with van der Waals surface area (Å²) in [6.45, 7) is 3.02. The molecule has 0 unspecified atom stereocenters. The van der Waals surface area contributed by atoms with Crippen LogP contribution in [0.4, 0.5) is 0 Å². The molecule has 0 aliphatic carbocycles. The molecule has 7 nitrogen and oxygen atoms in total. The molecule has 0 saturated heterocycles. The van der Waals surface area contributed by atoms with E-state index in [1.165, 1.54) is 19.2 Å². The number of ketones is 1. The monoisotopic (exact) mass is 325 g/mol. The number of esters is 1. The van der Waals surface area contributed by atoms with Crippen molar-refractivity contribution in [3.63, 3.8) is 0 Å². The van der Waals surface area contributed by atoms with Gasteiger partial charge in [-0.1, -0.05) is 12.1 Å². The van der Waals surface area contributed by atoms with Gasteiger partial charge in [0.25, 0.3) is 5.56 Å². The summed E-state index contributed by atoms with van der Waals surface area (Å²) < 4.78 is 5.31. The van der Waals surface area contributed by atoms with Crippen LogP contribution in [0.25, 0.3) is 10.9 Å². The Kier molecular flexibility index (Phi) is 3.99. The lowest BCUT2D eigenvalue weighted by atomic mass is 10.2. The number of rotatable bonds is 4. The summed E-state index contributed by atoms with van der Waals surface area (Å²) in [5.41, 5.74) is 0.789. The largest absolute Gasteiger partial charge is 0.450 e. The van der Waals surface area contributed by atoms with E-state index in [4.69, 9.17) is 4.74 Å². The van der Waals surface area contributed by atoms with Crippen LogP contribution in [0.3, 0.4) is 0 Å². The molecule has 2 aromatic heterocycles. The topological polar surface area (TPSA) is 105 Å². The van der Waals surface area contributed by atoms with E-state index in [0.29, 0.717) is 16.5 Å². The third kappa shape index (κ3) is 2.96. The van der Waals surface area contributed by atoms with Gasteiger partial charge in [-0.15, -0.1) is 0 Å². The number of hydrogen-bond acceptors (Lipinski definition) is 5. The molecular weight excluding hydrogens is 310 g/mol. The number of carbonyl (C=O) groups excluding carboxylic acids is 2. The molecule has 3 rings (SSSR count). The summed E-state index contributed by atoms with van der Waals surface area (Å²) in [4.78, 5) is 45.1. The highest BCUT2D eigenvalue weighted by Crippen LogP contribution is 2.16. The Morgan fingerprint density at radius 3 is 2.71 bits per heavy atom. The van der Waals surface area contributed by atoms with Gasteiger partial charge in [-0.3, -0.25) is 9.59 Å². The van der Waals surface area contributed by atoms with Crippen LogP contribution < -0.4 is 5.56 Å². The fraction of sp³-hybridized carbons (Fsp3) is 0.176. The van der Waals surface area contributed by atoms with E-state index < -0.39 is 12.1 Å². The van der Waals surface area contributed by atoms with E-state index in [0.717, 1.165) is 0 Å². The number of nitrogens with one attached hydrogen (secondary N) is 2. The lowest BCUT2D eigenvalue weighted by molar-refractivity contribution is 0.0314. The first-order valence-electron chi connectivity index (χ1n) is 7.35. The Balaban J connectivity index is 1.83. The Labute approximate surface area is 136 Å². The Bertz CT molecular complexity index is 987. The van der Waals surface area contributed by atoms with E-state index in [-0.39, 0.29) is 22.9 Å². The number of fused-ring (bicyclic) bond motifs is 1. The number of benzene rings is 1. The normalized spacial score (nSPS) is 12.1. The zero-order valence-corrected chi connectivity index (χ0v) is 13.1. The molecule has 7 heteroatoms. The summed E-state index contributed by atoms with van der Waals surface area (Å²) in [5.74, 6) is -0.532. The second-order valence-corrected chi connectivity index (χ2v) is 5.37. The second kappa shape index (κ2) is 6.11. The van der Waals surface area contributed by atoms with Crippen LogP contribution >= 0.6 is 0 Å². The molecule has 24 heavy (non-hydrogen) atoms. The number of para-hydroxylation sites is 1. The lowest BCUT2D eigenvalue weighted by Crippen LogP contribution is -2.17. The SMILES string of the molecule is CC(=O)c1c[nH]c(C(=O)O[C@@H](C)c2nc3ccccc3c(=O)[nH]2)c1. The fourth-order valence-corrected chi connectivity index (χ4v) is 2.29. The van der Waals surface area contributed by atoms with Gasteiger partial charge < -0.3 is 14.7 Å². The number of aromatic amines is 2. The number of hydrogen-bond donors (Lipinski definition) is 2. The van der Waals surface area contributed by atoms with Crippen LogP contribution in [-0.2, 0) is 4.74 Å². The number of H-pyrrole nitrogens is 2. The Morgan fingerprint density at radius 1 is 1.25 bits per heavy atom. The summed E-state index contributed by atoms with van der Waals surface area (Å²) in [6.07, 6.45) is 0.693. The molecule has 1 aromatic carbocycles. The summed E-state index contributed by atoms with van der Waals surface area (Å²) in [6, 6.07) is 8.34. The zero-order valence-electron chi connectivity index (χ0n) is 13.1. The maximum Gasteiger partial charge on any atom is 0.355 e. The Hall–Kier alpha value is -3.22. The van der Waals surface area contributed by atoms with Gasteiger partial charge in [-0.25, -0.2) is 9.78 Å². The maximum atomic E-state index is 12.1. The molecule has 2 heterocycles. The summed E-state index contributed by atoms with van der Waals surface area (Å²) in [7, 11) is 0. The first kappa shape index (κ1) is 15.7. The van der Waals surface area contributed by atoms with E-state index in [1.54, 1.807) is 31.2 Å². The van der Waals surface area contributed by atoms with Gasteiger partial charge in [0.1, 0.15) is 5.69 Å². The van der Waals surface area contributed by atoms with E-state index in [1.807, 2.05) is 0 Å². The fourth-order valence-electron chi connectivity index (χ4n) is 2.29. The molecule has 0 saturated carbocycles. The van der Waals surface area contributed by atoms with Crippen LogP contribution in [0.1, 0.15) is 46.6 Å². The number of Topliss-reactive ketones (excluding diaryl/α,β-unsaturated/α-hetero) is 1. The van der Waals surface area contributed by atoms with Gasteiger partial charge in [0.2, 0.25) is 0 Å². The van der Waals surface area contributed by atoms with Crippen molar-refractivity contribution in [1.29, 1.82) is 0 Å². The molecule has 0 fully saturated rings. The van der Waals surface area contributed by atoms with Crippen molar-refractivity contribution >= 4 is 22.7 Å². The van der Waals surface area contributed by atoms with Gasteiger partial charge in [0.15, 0.2) is 17.7 Å². The first-order valence-corrected chi connectivity index (χ1v) is 7.35. The smallest absolute Gasteiger partial charge is 0.355 e. The van der Waals surface area contributed by atoms with E-state index >= 15 is 0 Å². The van der Waals surface area contributed by atoms with Crippen LogP contribution in [0.15, 0.2) is 41.3 Å². The predicted octanol–water partition coefficient (Wildman–Crippen LogP) is 2.37. The molecule has 2 N–H and O–H groups in total. The number of ether oxygens (including phenoxy) is 1. The molecular formula is C17H15N3O4. The third-order valence-corrected chi connectivity index (χ3v) is 3.61. The van der Waals surface area contributed by atoms with Crippen molar-refractivity contribution in [3.8, 4) is 0 Å².